The number of pyridine rings is 1. The van der Waals surface area contributed by atoms with Crippen LogP contribution in [0.15, 0.2) is 36.4 Å². The number of carbonyl (C=O) groups excluding carboxylic acids is 2. The summed E-state index contributed by atoms with van der Waals surface area (Å²) in [5.41, 5.74) is 0.166. The van der Waals surface area contributed by atoms with Crippen LogP contribution in [-0.4, -0.2) is 28.7 Å². The van der Waals surface area contributed by atoms with E-state index in [0.29, 0.717) is 11.3 Å². The van der Waals surface area contributed by atoms with E-state index in [-0.39, 0.29) is 23.7 Å². The maximum atomic E-state index is 12.7. The molecule has 1 aromatic carbocycles. The number of benzene rings is 1. The summed E-state index contributed by atoms with van der Waals surface area (Å²) in [5, 5.41) is 2.67. The molecule has 1 N–H and O–H groups in total. The summed E-state index contributed by atoms with van der Waals surface area (Å²) in [7, 11) is 1.63. The van der Waals surface area contributed by atoms with Gasteiger partial charge in [-0.25, -0.2) is 4.98 Å². The van der Waals surface area contributed by atoms with Crippen molar-refractivity contribution in [1.29, 1.82) is 0 Å². The highest BCUT2D eigenvalue weighted by atomic mass is 19.4. The molecule has 2 amide bonds. The van der Waals surface area contributed by atoms with Gasteiger partial charge in [0, 0.05) is 26.2 Å². The fourth-order valence-corrected chi connectivity index (χ4v) is 2.30. The molecule has 0 saturated carbocycles. The van der Waals surface area contributed by atoms with Crippen molar-refractivity contribution in [3.63, 3.8) is 0 Å². The van der Waals surface area contributed by atoms with Gasteiger partial charge in [0.2, 0.25) is 5.91 Å². The van der Waals surface area contributed by atoms with Crippen molar-refractivity contribution in [3.8, 4) is 0 Å². The first-order valence-corrected chi connectivity index (χ1v) is 7.75. The van der Waals surface area contributed by atoms with Crippen LogP contribution in [0.5, 0.6) is 0 Å². The molecule has 0 fully saturated rings. The van der Waals surface area contributed by atoms with Crippen LogP contribution in [0, 0.1) is 6.92 Å². The summed E-state index contributed by atoms with van der Waals surface area (Å²) in [4.78, 5) is 28.8. The Labute approximate surface area is 148 Å². The number of carbonyl (C=O) groups is 2. The van der Waals surface area contributed by atoms with Crippen LogP contribution in [0.3, 0.4) is 0 Å². The Morgan fingerprint density at radius 3 is 2.38 bits per heavy atom. The Bertz CT molecular complexity index is 835. The summed E-state index contributed by atoms with van der Waals surface area (Å²) in [6.45, 7) is 3.06. The third kappa shape index (κ3) is 4.59. The zero-order chi connectivity index (χ0) is 19.5. The number of alkyl halides is 3. The topological polar surface area (TPSA) is 62.3 Å². The van der Waals surface area contributed by atoms with Crippen LogP contribution in [0.1, 0.15) is 34.2 Å². The second-order valence-corrected chi connectivity index (χ2v) is 5.81. The van der Waals surface area contributed by atoms with Gasteiger partial charge in [-0.15, -0.1) is 0 Å². The number of nitrogens with zero attached hydrogens (tertiary/aromatic N) is 2. The predicted molar refractivity (Wildman–Crippen MR) is 90.5 cm³/mol. The summed E-state index contributed by atoms with van der Waals surface area (Å²) in [6, 6.07) is 8.78. The van der Waals surface area contributed by atoms with Crippen molar-refractivity contribution < 1.29 is 22.8 Å². The molecule has 1 aromatic heterocycles. The van der Waals surface area contributed by atoms with Gasteiger partial charge in [0.15, 0.2) is 0 Å². The first-order chi connectivity index (χ1) is 12.1. The molecule has 1 heterocycles. The lowest BCUT2D eigenvalue weighted by Gasteiger charge is -2.18. The smallest absolute Gasteiger partial charge is 0.342 e. The number of amides is 2. The molecule has 0 aliphatic heterocycles. The lowest BCUT2D eigenvalue weighted by Crippen LogP contribution is -2.24. The zero-order valence-corrected chi connectivity index (χ0v) is 14.5. The number of para-hydroxylation sites is 1. The highest BCUT2D eigenvalue weighted by Gasteiger charge is 2.33. The largest absolute Gasteiger partial charge is 0.433 e. The molecular formula is C18H18F3N3O2. The fraction of sp³-hybridized carbons (Fsp3) is 0.278. The van der Waals surface area contributed by atoms with E-state index in [9.17, 15) is 22.8 Å². The number of hydrogen-bond acceptors (Lipinski definition) is 3. The predicted octanol–water partition coefficient (Wildman–Crippen LogP) is 3.64. The fourth-order valence-electron chi connectivity index (χ4n) is 2.30. The average Bonchev–Trinajstić information content (AvgIpc) is 2.55. The highest BCUT2D eigenvalue weighted by Crippen LogP contribution is 2.28. The maximum Gasteiger partial charge on any atom is 0.433 e. The first-order valence-electron chi connectivity index (χ1n) is 7.75. The minimum absolute atomic E-state index is 0.0179. The van der Waals surface area contributed by atoms with Crippen molar-refractivity contribution in [2.45, 2.75) is 26.6 Å². The van der Waals surface area contributed by atoms with Crippen molar-refractivity contribution in [2.24, 2.45) is 0 Å². The number of anilines is 1. The lowest BCUT2D eigenvalue weighted by atomic mass is 10.1. The number of nitrogens with one attached hydrogen (secondary N) is 1. The third-order valence-corrected chi connectivity index (χ3v) is 3.83. The molecule has 0 aliphatic rings. The van der Waals surface area contributed by atoms with E-state index in [0.717, 1.165) is 12.1 Å². The molecule has 2 aromatic rings. The van der Waals surface area contributed by atoms with Crippen LogP contribution in [-0.2, 0) is 17.5 Å². The van der Waals surface area contributed by atoms with Gasteiger partial charge < -0.3 is 10.2 Å². The number of halogens is 3. The molecule has 2 rings (SSSR count). The Morgan fingerprint density at radius 2 is 1.81 bits per heavy atom. The van der Waals surface area contributed by atoms with Crippen molar-refractivity contribution in [1.82, 2.24) is 9.88 Å². The second kappa shape index (κ2) is 7.55. The maximum absolute atomic E-state index is 12.7. The number of aryl methyl sites for hydroxylation is 1. The molecule has 26 heavy (non-hydrogen) atoms. The van der Waals surface area contributed by atoms with Gasteiger partial charge in [0.25, 0.3) is 5.91 Å². The lowest BCUT2D eigenvalue weighted by molar-refractivity contribution is -0.141. The van der Waals surface area contributed by atoms with E-state index in [1.54, 1.807) is 31.3 Å². The van der Waals surface area contributed by atoms with Gasteiger partial charge in [0.1, 0.15) is 5.69 Å². The standard InChI is InChI=1S/C18H18F3N3O2/c1-11-14(8-9-16(22-11)18(19,20)21)17(26)23-15-7-5-4-6-13(15)10-24(3)12(2)25/h4-9H,10H2,1-3H3,(H,23,26). The van der Waals surface area contributed by atoms with Gasteiger partial charge in [0.05, 0.1) is 11.3 Å². The summed E-state index contributed by atoms with van der Waals surface area (Å²) >= 11 is 0. The van der Waals surface area contributed by atoms with Gasteiger partial charge in [-0.05, 0) is 30.7 Å². The van der Waals surface area contributed by atoms with Crippen molar-refractivity contribution in [3.05, 3.63) is 58.9 Å². The highest BCUT2D eigenvalue weighted by molar-refractivity contribution is 6.05. The molecular weight excluding hydrogens is 347 g/mol. The molecule has 0 aliphatic carbocycles. The van der Waals surface area contributed by atoms with Crippen LogP contribution < -0.4 is 5.32 Å². The SMILES string of the molecule is CC(=O)N(C)Cc1ccccc1NC(=O)c1ccc(C(F)(F)F)nc1C. The number of hydrogen-bond donors (Lipinski definition) is 1. The number of aromatic nitrogens is 1. The molecule has 8 heteroatoms. The molecule has 0 bridgehead atoms. The Morgan fingerprint density at radius 1 is 1.15 bits per heavy atom. The molecule has 138 valence electrons. The molecule has 0 unspecified atom stereocenters. The quantitative estimate of drug-likeness (QED) is 0.900. The van der Waals surface area contributed by atoms with E-state index in [4.69, 9.17) is 0 Å². The Balaban J connectivity index is 2.24. The normalized spacial score (nSPS) is 11.2. The van der Waals surface area contributed by atoms with Gasteiger partial charge in [-0.2, -0.15) is 13.2 Å². The second-order valence-electron chi connectivity index (χ2n) is 5.81. The van der Waals surface area contributed by atoms with Crippen molar-refractivity contribution in [2.75, 3.05) is 12.4 Å². The van der Waals surface area contributed by atoms with E-state index in [1.165, 1.54) is 18.7 Å². The summed E-state index contributed by atoms with van der Waals surface area (Å²) in [6.07, 6.45) is -4.57. The van der Waals surface area contributed by atoms with Gasteiger partial charge in [-0.1, -0.05) is 18.2 Å². The summed E-state index contributed by atoms with van der Waals surface area (Å²) in [5.74, 6) is -0.699. The van der Waals surface area contributed by atoms with E-state index >= 15 is 0 Å². The van der Waals surface area contributed by atoms with E-state index in [2.05, 4.69) is 10.3 Å². The molecule has 0 spiro atoms. The monoisotopic (exact) mass is 365 g/mol. The summed E-state index contributed by atoms with van der Waals surface area (Å²) < 4.78 is 38.1. The van der Waals surface area contributed by atoms with Crippen LogP contribution in [0.4, 0.5) is 18.9 Å². The average molecular weight is 365 g/mol. The zero-order valence-electron chi connectivity index (χ0n) is 14.5. The van der Waals surface area contributed by atoms with Gasteiger partial charge in [-0.3, -0.25) is 9.59 Å². The molecule has 0 atom stereocenters. The molecule has 5 nitrogen and oxygen atoms in total. The van der Waals surface area contributed by atoms with Crippen molar-refractivity contribution >= 4 is 17.5 Å². The molecule has 0 saturated heterocycles. The minimum Gasteiger partial charge on any atom is -0.342 e. The third-order valence-electron chi connectivity index (χ3n) is 3.83. The van der Waals surface area contributed by atoms with Crippen LogP contribution in [0.2, 0.25) is 0 Å². The number of rotatable bonds is 4. The van der Waals surface area contributed by atoms with E-state index in [1.807, 2.05) is 0 Å². The van der Waals surface area contributed by atoms with Gasteiger partial charge >= 0.3 is 6.18 Å². The Kier molecular flexibility index (Phi) is 5.64. The van der Waals surface area contributed by atoms with E-state index < -0.39 is 17.8 Å². The molecule has 0 radical (unpaired) electrons. The first kappa shape index (κ1) is 19.4. The van der Waals surface area contributed by atoms with Crippen LogP contribution in [0.25, 0.3) is 0 Å². The van der Waals surface area contributed by atoms with Crippen LogP contribution >= 0.6 is 0 Å². The Hall–Kier alpha value is -2.90. The minimum atomic E-state index is -4.57.